The van der Waals surface area contributed by atoms with Gasteiger partial charge in [-0.05, 0) is 24.6 Å². The smallest absolute Gasteiger partial charge is 0.255 e. The fourth-order valence-electron chi connectivity index (χ4n) is 1.74. The van der Waals surface area contributed by atoms with Crippen LogP contribution in [0.5, 0.6) is 5.75 Å². The molecule has 0 aliphatic heterocycles. The summed E-state index contributed by atoms with van der Waals surface area (Å²) in [6, 6.07) is 4.59. The minimum absolute atomic E-state index is 0.0173. The zero-order valence-corrected chi connectivity index (χ0v) is 13.0. The largest absolute Gasteiger partial charge is 0.496 e. The van der Waals surface area contributed by atoms with Crippen LogP contribution in [0.4, 0.5) is 0 Å². The van der Waals surface area contributed by atoms with Gasteiger partial charge >= 0.3 is 0 Å². The van der Waals surface area contributed by atoms with Crippen LogP contribution in [0.25, 0.3) is 0 Å². The van der Waals surface area contributed by atoms with Crippen LogP contribution in [0.3, 0.4) is 0 Å². The minimum atomic E-state index is -0.508. The first kappa shape index (κ1) is 16.3. The Hall–Kier alpha value is -1.76. The zero-order chi connectivity index (χ0) is 15.1. The van der Waals surface area contributed by atoms with E-state index in [0.717, 1.165) is 10.9 Å². The van der Waals surface area contributed by atoms with Gasteiger partial charge in [0, 0.05) is 4.47 Å². The van der Waals surface area contributed by atoms with Crippen molar-refractivity contribution in [2.75, 3.05) is 7.11 Å². The molecule has 1 amide bonds. The number of amidine groups is 1. The SMILES string of the molecule is CCCC(NC(=O)c1ccc(Br)cc1OC)/C(N)=N/O. The van der Waals surface area contributed by atoms with E-state index in [2.05, 4.69) is 26.4 Å². The molecule has 20 heavy (non-hydrogen) atoms. The number of nitrogens with zero attached hydrogens (tertiary/aromatic N) is 1. The quantitative estimate of drug-likeness (QED) is 0.319. The van der Waals surface area contributed by atoms with E-state index in [1.807, 2.05) is 6.92 Å². The molecule has 0 saturated carbocycles. The third-order valence-electron chi connectivity index (χ3n) is 2.76. The molecular weight excluding hydrogens is 326 g/mol. The fourth-order valence-corrected chi connectivity index (χ4v) is 2.08. The van der Waals surface area contributed by atoms with Gasteiger partial charge in [0.2, 0.25) is 0 Å². The van der Waals surface area contributed by atoms with E-state index in [1.165, 1.54) is 7.11 Å². The predicted octanol–water partition coefficient (Wildman–Crippen LogP) is 2.10. The highest BCUT2D eigenvalue weighted by Crippen LogP contribution is 2.23. The molecular formula is C13H18BrN3O3. The lowest BCUT2D eigenvalue weighted by Crippen LogP contribution is -2.44. The van der Waals surface area contributed by atoms with E-state index in [0.29, 0.717) is 17.7 Å². The van der Waals surface area contributed by atoms with Gasteiger partial charge in [-0.15, -0.1) is 0 Å². The van der Waals surface area contributed by atoms with Gasteiger partial charge in [0.15, 0.2) is 5.84 Å². The maximum Gasteiger partial charge on any atom is 0.255 e. The Kier molecular flexibility index (Phi) is 6.30. The molecule has 1 rings (SSSR count). The molecule has 110 valence electrons. The lowest BCUT2D eigenvalue weighted by atomic mass is 10.1. The number of nitrogens with one attached hydrogen (secondary N) is 1. The molecule has 0 aliphatic carbocycles. The monoisotopic (exact) mass is 343 g/mol. The average Bonchev–Trinajstić information content (AvgIpc) is 2.45. The van der Waals surface area contributed by atoms with Crippen LogP contribution in [-0.2, 0) is 0 Å². The lowest BCUT2D eigenvalue weighted by Gasteiger charge is -2.17. The van der Waals surface area contributed by atoms with Gasteiger partial charge in [-0.2, -0.15) is 0 Å². The van der Waals surface area contributed by atoms with Crippen LogP contribution in [0.15, 0.2) is 27.8 Å². The molecule has 4 N–H and O–H groups in total. The van der Waals surface area contributed by atoms with Gasteiger partial charge in [0.25, 0.3) is 5.91 Å². The summed E-state index contributed by atoms with van der Waals surface area (Å²) in [4.78, 5) is 12.2. The van der Waals surface area contributed by atoms with Crippen molar-refractivity contribution in [2.45, 2.75) is 25.8 Å². The maximum atomic E-state index is 12.2. The van der Waals surface area contributed by atoms with E-state index >= 15 is 0 Å². The summed E-state index contributed by atoms with van der Waals surface area (Å²) in [5.74, 6) is 0.0994. The third kappa shape index (κ3) is 4.12. The van der Waals surface area contributed by atoms with Crippen LogP contribution in [0.1, 0.15) is 30.1 Å². The van der Waals surface area contributed by atoms with E-state index in [1.54, 1.807) is 18.2 Å². The van der Waals surface area contributed by atoms with Gasteiger partial charge in [-0.25, -0.2) is 0 Å². The number of benzene rings is 1. The van der Waals surface area contributed by atoms with Crippen molar-refractivity contribution >= 4 is 27.7 Å². The number of hydrogen-bond acceptors (Lipinski definition) is 4. The van der Waals surface area contributed by atoms with Crippen LogP contribution in [0.2, 0.25) is 0 Å². The molecule has 0 aliphatic rings. The molecule has 0 radical (unpaired) electrons. The van der Waals surface area contributed by atoms with Crippen molar-refractivity contribution in [1.29, 1.82) is 0 Å². The Balaban J connectivity index is 2.94. The molecule has 1 aromatic carbocycles. The van der Waals surface area contributed by atoms with Crippen LogP contribution in [0, 0.1) is 0 Å². The minimum Gasteiger partial charge on any atom is -0.496 e. The normalized spacial score (nSPS) is 12.8. The average molecular weight is 344 g/mol. The summed E-state index contributed by atoms with van der Waals surface area (Å²) >= 11 is 3.31. The van der Waals surface area contributed by atoms with Gasteiger partial charge in [0.1, 0.15) is 5.75 Å². The molecule has 0 aromatic heterocycles. The molecule has 0 saturated heterocycles. The summed E-state index contributed by atoms with van der Waals surface area (Å²) in [6.07, 6.45) is 1.37. The molecule has 1 atom stereocenters. The fraction of sp³-hybridized carbons (Fsp3) is 0.385. The topological polar surface area (TPSA) is 96.9 Å². The number of hydrogen-bond donors (Lipinski definition) is 3. The zero-order valence-electron chi connectivity index (χ0n) is 11.4. The molecule has 0 spiro atoms. The van der Waals surface area contributed by atoms with Crippen molar-refractivity contribution in [1.82, 2.24) is 5.32 Å². The summed E-state index contributed by atoms with van der Waals surface area (Å²) in [6.45, 7) is 1.95. The molecule has 6 nitrogen and oxygen atoms in total. The Labute approximate surface area is 126 Å². The van der Waals surface area contributed by atoms with Crippen LogP contribution in [-0.4, -0.2) is 30.1 Å². The van der Waals surface area contributed by atoms with E-state index in [4.69, 9.17) is 15.7 Å². The number of carbonyl (C=O) groups excluding carboxylic acids is 1. The first-order chi connectivity index (χ1) is 9.53. The molecule has 0 heterocycles. The number of carbonyl (C=O) groups is 1. The number of ether oxygens (including phenoxy) is 1. The molecule has 1 unspecified atom stereocenters. The number of rotatable bonds is 6. The molecule has 0 bridgehead atoms. The number of amides is 1. The summed E-state index contributed by atoms with van der Waals surface area (Å²) in [5, 5.41) is 14.4. The predicted molar refractivity (Wildman–Crippen MR) is 80.3 cm³/mol. The maximum absolute atomic E-state index is 12.2. The number of oxime groups is 1. The standard InChI is InChI=1S/C13H18BrN3O3/c1-3-4-10(12(15)17-19)16-13(18)9-6-5-8(14)7-11(9)20-2/h5-7,10,19H,3-4H2,1-2H3,(H2,15,17)(H,16,18). The van der Waals surface area contributed by atoms with Crippen molar-refractivity contribution in [3.63, 3.8) is 0 Å². The van der Waals surface area contributed by atoms with Crippen molar-refractivity contribution < 1.29 is 14.7 Å². The Morgan fingerprint density at radius 1 is 1.60 bits per heavy atom. The first-order valence-corrected chi connectivity index (χ1v) is 6.94. The van der Waals surface area contributed by atoms with Crippen LogP contribution < -0.4 is 15.8 Å². The molecule has 7 heteroatoms. The van der Waals surface area contributed by atoms with E-state index in [-0.39, 0.29) is 11.7 Å². The summed E-state index contributed by atoms with van der Waals surface area (Å²) in [5.41, 5.74) is 5.96. The highest BCUT2D eigenvalue weighted by molar-refractivity contribution is 9.10. The lowest BCUT2D eigenvalue weighted by molar-refractivity contribution is 0.0942. The van der Waals surface area contributed by atoms with E-state index < -0.39 is 6.04 Å². The number of halogens is 1. The number of nitrogens with two attached hydrogens (primary N) is 1. The van der Waals surface area contributed by atoms with Crippen molar-refractivity contribution in [3.05, 3.63) is 28.2 Å². The highest BCUT2D eigenvalue weighted by atomic mass is 79.9. The van der Waals surface area contributed by atoms with Gasteiger partial charge in [-0.3, -0.25) is 4.79 Å². The van der Waals surface area contributed by atoms with Crippen molar-refractivity contribution in [2.24, 2.45) is 10.9 Å². The second kappa shape index (κ2) is 7.74. The third-order valence-corrected chi connectivity index (χ3v) is 3.26. The Morgan fingerprint density at radius 3 is 2.85 bits per heavy atom. The second-order valence-corrected chi connectivity index (χ2v) is 5.10. The molecule has 0 fully saturated rings. The number of methoxy groups -OCH3 is 1. The first-order valence-electron chi connectivity index (χ1n) is 6.15. The Morgan fingerprint density at radius 2 is 2.30 bits per heavy atom. The van der Waals surface area contributed by atoms with E-state index in [9.17, 15) is 4.79 Å². The van der Waals surface area contributed by atoms with Gasteiger partial charge in [0.05, 0.1) is 18.7 Å². The Bertz CT molecular complexity index is 506. The van der Waals surface area contributed by atoms with Crippen molar-refractivity contribution in [3.8, 4) is 5.75 Å². The van der Waals surface area contributed by atoms with Gasteiger partial charge in [-0.1, -0.05) is 34.4 Å². The summed E-state index contributed by atoms with van der Waals surface area (Å²) < 4.78 is 5.99. The van der Waals surface area contributed by atoms with Gasteiger partial charge < -0.3 is 21.0 Å². The highest BCUT2D eigenvalue weighted by Gasteiger charge is 2.19. The van der Waals surface area contributed by atoms with Crippen LogP contribution >= 0.6 is 15.9 Å². The summed E-state index contributed by atoms with van der Waals surface area (Å²) in [7, 11) is 1.49. The second-order valence-electron chi connectivity index (χ2n) is 4.18. The molecule has 1 aromatic rings.